The van der Waals surface area contributed by atoms with Crippen LogP contribution < -0.4 is 21.8 Å². The number of cyclic esters (lactones) is 1. The number of aromatic nitrogens is 2. The molecule has 0 fully saturated rings. The minimum atomic E-state index is -3.86. The van der Waals surface area contributed by atoms with E-state index in [1.807, 2.05) is 0 Å². The van der Waals surface area contributed by atoms with E-state index in [-0.39, 0.29) is 19.3 Å². The number of nitrogens with two attached hydrogens (primary N) is 1. The Hall–Kier alpha value is -5.09. The number of hydrogen-bond acceptors (Lipinski definition) is 17. The first-order chi connectivity index (χ1) is 32.4. The molecule has 68 heavy (non-hydrogen) atoms. The Labute approximate surface area is 398 Å². The quantitative estimate of drug-likeness (QED) is 0.0163. The third kappa shape index (κ3) is 22.3. The number of hydrogen-bond donors (Lipinski definition) is 7. The summed E-state index contributed by atoms with van der Waals surface area (Å²) in [5.41, 5.74) is 8.11. The number of aliphatic hydroxyl groups excluding tert-OH is 1. The maximum Gasteiger partial charge on any atom is 0.395 e. The van der Waals surface area contributed by atoms with Gasteiger partial charge in [-0.3, -0.25) is 24.0 Å². The highest BCUT2D eigenvalue weighted by Crippen LogP contribution is 2.53. The smallest absolute Gasteiger partial charge is 0.395 e. The molecule has 0 saturated heterocycles. The van der Waals surface area contributed by atoms with E-state index in [1.54, 1.807) is 0 Å². The number of nitrogens with zero attached hydrogens (tertiary/aromatic N) is 3. The van der Waals surface area contributed by atoms with Crippen LogP contribution in [0.3, 0.4) is 0 Å². The van der Waals surface area contributed by atoms with Gasteiger partial charge in [-0.1, -0.05) is 84.0 Å². The summed E-state index contributed by atoms with van der Waals surface area (Å²) in [5, 5.41) is 25.6. The zero-order chi connectivity index (χ0) is 50.5. The van der Waals surface area contributed by atoms with Crippen LogP contribution in [-0.4, -0.2) is 143 Å². The normalized spacial score (nSPS) is 15.1. The van der Waals surface area contributed by atoms with Crippen LogP contribution in [0, 0.1) is 0 Å². The molecule has 2 rings (SSSR count). The van der Waals surface area contributed by atoms with Gasteiger partial charge in [0.05, 0.1) is 19.2 Å². The summed E-state index contributed by atoms with van der Waals surface area (Å²) in [6.45, 7) is 1.20. The molecule has 8 N–H and O–H groups in total. The third-order valence-electron chi connectivity index (χ3n) is 10.8. The van der Waals surface area contributed by atoms with Crippen molar-refractivity contribution in [3.63, 3.8) is 0 Å². The lowest BCUT2D eigenvalue weighted by Crippen LogP contribution is -2.53. The van der Waals surface area contributed by atoms with E-state index in [1.165, 1.54) is 101 Å². The standard InChI is InChI=1S/C44H75N8O15P/c1-6-7-8-9-10-11-12-13-14-15-16-17-18-22-37(55)64-34(40-39(57)41(44(61)65-40)67-68(62,51(2)3)52(4)5)29-63-36(54)23-24-38(56)66-48-28-35(53)49-33(26-31-27-46-30-47-31)42(58)50-32(43(59)60)21-19-20-25-45/h27,30,32-34,40,48,57H,6-26,28-29,45H2,1-5H3,(H,46,47)(H,49,53)(H,50,58)(H,59,60). The molecule has 1 aliphatic heterocycles. The Morgan fingerprint density at radius 3 is 2.00 bits per heavy atom. The molecule has 1 aliphatic rings. The Balaban J connectivity index is 1.95. The minimum Gasteiger partial charge on any atom is -0.505 e. The van der Waals surface area contributed by atoms with Gasteiger partial charge in [0.15, 0.2) is 11.9 Å². The number of carbonyl (C=O) groups is 7. The van der Waals surface area contributed by atoms with E-state index in [4.69, 9.17) is 29.3 Å². The van der Waals surface area contributed by atoms with Crippen molar-refractivity contribution in [3.05, 3.63) is 29.7 Å². The lowest BCUT2D eigenvalue weighted by molar-refractivity contribution is -0.171. The van der Waals surface area contributed by atoms with Gasteiger partial charge in [0, 0.05) is 24.7 Å². The van der Waals surface area contributed by atoms with E-state index in [0.29, 0.717) is 31.5 Å². The van der Waals surface area contributed by atoms with Gasteiger partial charge in [-0.25, -0.2) is 28.5 Å². The number of imidazole rings is 1. The number of carboxylic acid groups (broad SMARTS) is 1. The molecule has 4 atom stereocenters. The van der Waals surface area contributed by atoms with Gasteiger partial charge in [-0.15, -0.1) is 5.48 Å². The van der Waals surface area contributed by atoms with Crippen molar-refractivity contribution in [2.75, 3.05) is 47.9 Å². The van der Waals surface area contributed by atoms with Gasteiger partial charge < -0.3 is 55.1 Å². The van der Waals surface area contributed by atoms with Gasteiger partial charge in [-0.2, -0.15) is 0 Å². The molecule has 386 valence electrons. The second-order valence-electron chi connectivity index (χ2n) is 16.9. The van der Waals surface area contributed by atoms with E-state index in [2.05, 4.69) is 33.0 Å². The second kappa shape index (κ2) is 32.6. The molecule has 0 saturated carbocycles. The van der Waals surface area contributed by atoms with E-state index in [0.717, 1.165) is 25.7 Å². The van der Waals surface area contributed by atoms with Crippen molar-refractivity contribution in [3.8, 4) is 0 Å². The summed E-state index contributed by atoms with van der Waals surface area (Å²) in [6, 6.07) is -2.47. The number of ether oxygens (including phenoxy) is 3. The molecule has 0 aliphatic carbocycles. The Morgan fingerprint density at radius 2 is 1.44 bits per heavy atom. The van der Waals surface area contributed by atoms with Gasteiger partial charge in [-0.05, 0) is 60.4 Å². The molecule has 0 radical (unpaired) electrons. The average molecular weight is 987 g/mol. The SMILES string of the molecule is CCCCCCCCCCCCCCCC(=O)OC(COC(=O)CCC(=O)ONCC(=O)NC(Cc1cnc[nH]1)C(=O)NC(CCCCN)C(=O)O)C1OC(=O)C(OP(=O)(N(C)C)N(C)C)=C1O. The largest absolute Gasteiger partial charge is 0.505 e. The van der Waals surface area contributed by atoms with Crippen LogP contribution in [0.4, 0.5) is 0 Å². The number of hydroxylamine groups is 1. The van der Waals surface area contributed by atoms with Crippen LogP contribution >= 0.6 is 7.67 Å². The monoisotopic (exact) mass is 987 g/mol. The Bertz CT molecular complexity index is 1800. The number of aromatic amines is 1. The molecular weight excluding hydrogens is 911 g/mol. The molecule has 0 spiro atoms. The average Bonchev–Trinajstić information content (AvgIpc) is 3.91. The maximum atomic E-state index is 13.5. The van der Waals surface area contributed by atoms with Crippen LogP contribution in [0.15, 0.2) is 24.0 Å². The second-order valence-corrected chi connectivity index (χ2v) is 19.7. The summed E-state index contributed by atoms with van der Waals surface area (Å²) < 4.78 is 37.6. The number of unbranched alkanes of at least 4 members (excludes halogenated alkanes) is 13. The maximum absolute atomic E-state index is 13.5. The summed E-state index contributed by atoms with van der Waals surface area (Å²) in [4.78, 5) is 100. The molecule has 24 heteroatoms. The first-order valence-corrected chi connectivity index (χ1v) is 25.0. The summed E-state index contributed by atoms with van der Waals surface area (Å²) in [7, 11) is 1.90. The lowest BCUT2D eigenvalue weighted by atomic mass is 10.0. The molecule has 0 bridgehead atoms. The predicted octanol–water partition coefficient (Wildman–Crippen LogP) is 3.84. The van der Waals surface area contributed by atoms with Crippen LogP contribution in [0.5, 0.6) is 0 Å². The fourth-order valence-electron chi connectivity index (χ4n) is 6.91. The van der Waals surface area contributed by atoms with Crippen molar-refractivity contribution in [2.45, 2.75) is 160 Å². The highest BCUT2D eigenvalue weighted by atomic mass is 31.2. The van der Waals surface area contributed by atoms with E-state index >= 15 is 0 Å². The predicted molar refractivity (Wildman–Crippen MR) is 247 cm³/mol. The lowest BCUT2D eigenvalue weighted by Gasteiger charge is -2.29. The highest BCUT2D eigenvalue weighted by Gasteiger charge is 2.47. The Kier molecular flexibility index (Phi) is 28.3. The molecule has 1 aromatic rings. The summed E-state index contributed by atoms with van der Waals surface area (Å²) in [5.74, 6) is -8.30. The summed E-state index contributed by atoms with van der Waals surface area (Å²) >= 11 is 0. The molecule has 23 nitrogen and oxygen atoms in total. The number of esters is 3. The van der Waals surface area contributed by atoms with Crippen LogP contribution in [0.1, 0.15) is 135 Å². The first-order valence-electron chi connectivity index (χ1n) is 23.5. The van der Waals surface area contributed by atoms with Crippen LogP contribution in [0.25, 0.3) is 0 Å². The number of H-pyrrole nitrogens is 1. The fourth-order valence-corrected chi connectivity index (χ4v) is 8.36. The number of aliphatic hydroxyl groups is 1. The number of nitrogens with one attached hydrogen (secondary N) is 4. The summed E-state index contributed by atoms with van der Waals surface area (Å²) in [6.07, 6.45) is 13.8. The minimum absolute atomic E-state index is 0.0110. The molecule has 0 aromatic carbocycles. The number of aliphatic carboxylic acids is 1. The number of rotatable bonds is 38. The first kappa shape index (κ1) is 59.0. The Morgan fingerprint density at radius 1 is 0.838 bits per heavy atom. The van der Waals surface area contributed by atoms with Crippen molar-refractivity contribution in [1.82, 2.24) is 35.4 Å². The molecule has 4 unspecified atom stereocenters. The van der Waals surface area contributed by atoms with E-state index in [9.17, 15) is 48.3 Å². The van der Waals surface area contributed by atoms with Crippen LogP contribution in [0.2, 0.25) is 0 Å². The van der Waals surface area contributed by atoms with Crippen molar-refractivity contribution < 1.29 is 71.9 Å². The molecule has 2 heterocycles. The zero-order valence-electron chi connectivity index (χ0n) is 40.3. The molecule has 2 amide bonds. The van der Waals surface area contributed by atoms with E-state index < -0.39 is 111 Å². The number of amides is 2. The number of carbonyl (C=O) groups excluding carboxylic acids is 6. The highest BCUT2D eigenvalue weighted by molar-refractivity contribution is 7.54. The number of carboxylic acids is 1. The molecule has 1 aromatic heterocycles. The topological polar surface area (TPSA) is 320 Å². The molecular formula is C44H75N8O15P. The zero-order valence-corrected chi connectivity index (χ0v) is 41.2. The van der Waals surface area contributed by atoms with Gasteiger partial charge in [0.25, 0.3) is 5.76 Å². The van der Waals surface area contributed by atoms with Gasteiger partial charge >= 0.3 is 37.5 Å². The van der Waals surface area contributed by atoms with Gasteiger partial charge in [0.2, 0.25) is 17.9 Å². The van der Waals surface area contributed by atoms with Crippen LogP contribution in [-0.2, 0) is 68.1 Å². The third-order valence-corrected chi connectivity index (χ3v) is 13.2. The van der Waals surface area contributed by atoms with Gasteiger partial charge in [0.1, 0.15) is 25.2 Å². The van der Waals surface area contributed by atoms with Crippen molar-refractivity contribution in [2.24, 2.45) is 5.73 Å². The van der Waals surface area contributed by atoms with Crippen molar-refractivity contribution >= 4 is 49.3 Å². The fraction of sp³-hybridized carbons (Fsp3) is 0.727. The van der Waals surface area contributed by atoms with Crippen molar-refractivity contribution in [1.29, 1.82) is 0 Å².